The number of rotatable bonds is 4. The quantitative estimate of drug-likeness (QED) is 0.780. The van der Waals surface area contributed by atoms with Crippen molar-refractivity contribution in [3.8, 4) is 17.0 Å². The van der Waals surface area contributed by atoms with E-state index in [4.69, 9.17) is 4.74 Å². The summed E-state index contributed by atoms with van der Waals surface area (Å²) in [7, 11) is 1.57. The molecule has 0 spiro atoms. The molecule has 0 amide bonds. The van der Waals surface area contributed by atoms with Crippen molar-refractivity contribution in [1.82, 2.24) is 9.55 Å². The first-order chi connectivity index (χ1) is 12.5. The summed E-state index contributed by atoms with van der Waals surface area (Å²) < 4.78 is 7.06. The Morgan fingerprint density at radius 2 is 2.04 bits per heavy atom. The molecule has 1 fully saturated rings. The van der Waals surface area contributed by atoms with E-state index in [1.165, 1.54) is 6.20 Å². The van der Waals surface area contributed by atoms with Crippen LogP contribution in [0.5, 0.6) is 5.88 Å². The SMILES string of the molecule is COc1ccc(-c2ccc3c(=O)c(C(=O)O)cn(C4CC4)c3c2C)cn1. The number of carboxylic acid groups (broad SMARTS) is 1. The third kappa shape index (κ3) is 2.54. The Kier molecular flexibility index (Phi) is 3.76. The molecular weight excluding hydrogens is 332 g/mol. The van der Waals surface area contributed by atoms with E-state index in [2.05, 4.69) is 4.98 Å². The van der Waals surface area contributed by atoms with Crippen LogP contribution in [0.3, 0.4) is 0 Å². The molecule has 132 valence electrons. The molecular formula is C20H18N2O4. The normalized spacial score (nSPS) is 13.8. The Balaban J connectivity index is 1.99. The number of carbonyl (C=O) groups is 1. The molecule has 26 heavy (non-hydrogen) atoms. The van der Waals surface area contributed by atoms with Crippen LogP contribution in [0.15, 0.2) is 41.5 Å². The second kappa shape index (κ2) is 5.98. The van der Waals surface area contributed by atoms with Crippen molar-refractivity contribution < 1.29 is 14.6 Å². The van der Waals surface area contributed by atoms with Crippen LogP contribution in [0.4, 0.5) is 0 Å². The lowest BCUT2D eigenvalue weighted by Crippen LogP contribution is -2.19. The minimum Gasteiger partial charge on any atom is -0.481 e. The van der Waals surface area contributed by atoms with E-state index in [9.17, 15) is 14.7 Å². The molecule has 0 aliphatic heterocycles. The van der Waals surface area contributed by atoms with Crippen molar-refractivity contribution >= 4 is 16.9 Å². The number of methoxy groups -OCH3 is 1. The molecule has 1 aliphatic rings. The average molecular weight is 350 g/mol. The average Bonchev–Trinajstić information content (AvgIpc) is 3.47. The van der Waals surface area contributed by atoms with Crippen LogP contribution in [0.2, 0.25) is 0 Å². The van der Waals surface area contributed by atoms with Gasteiger partial charge in [0.15, 0.2) is 0 Å². The van der Waals surface area contributed by atoms with Gasteiger partial charge in [-0.05, 0) is 43.0 Å². The molecule has 4 rings (SSSR count). The minimum atomic E-state index is -1.19. The summed E-state index contributed by atoms with van der Waals surface area (Å²) in [6.07, 6.45) is 5.21. The van der Waals surface area contributed by atoms with E-state index >= 15 is 0 Å². The van der Waals surface area contributed by atoms with Crippen LogP contribution < -0.4 is 10.2 Å². The van der Waals surface area contributed by atoms with Gasteiger partial charge in [0.2, 0.25) is 11.3 Å². The predicted octanol–water partition coefficient (Wildman–Crippen LogP) is 3.41. The van der Waals surface area contributed by atoms with Crippen molar-refractivity contribution in [3.63, 3.8) is 0 Å². The van der Waals surface area contributed by atoms with Gasteiger partial charge in [-0.25, -0.2) is 9.78 Å². The summed E-state index contributed by atoms with van der Waals surface area (Å²) in [6.45, 7) is 1.96. The smallest absolute Gasteiger partial charge is 0.341 e. The Labute approximate surface area is 149 Å². The number of nitrogens with zero attached hydrogens (tertiary/aromatic N) is 2. The molecule has 2 aromatic heterocycles. The summed E-state index contributed by atoms with van der Waals surface area (Å²) in [4.78, 5) is 28.3. The molecule has 6 heteroatoms. The monoisotopic (exact) mass is 350 g/mol. The summed E-state index contributed by atoms with van der Waals surface area (Å²) in [5.74, 6) is -0.652. The van der Waals surface area contributed by atoms with Gasteiger partial charge in [-0.2, -0.15) is 0 Å². The van der Waals surface area contributed by atoms with Gasteiger partial charge in [0, 0.05) is 35.5 Å². The number of hydrogen-bond donors (Lipinski definition) is 1. The maximum Gasteiger partial charge on any atom is 0.341 e. The first-order valence-corrected chi connectivity index (χ1v) is 8.43. The molecule has 1 aliphatic carbocycles. The largest absolute Gasteiger partial charge is 0.481 e. The number of carboxylic acids is 1. The second-order valence-electron chi connectivity index (χ2n) is 6.54. The summed E-state index contributed by atoms with van der Waals surface area (Å²) in [6, 6.07) is 7.53. The van der Waals surface area contributed by atoms with Gasteiger partial charge >= 0.3 is 5.97 Å². The van der Waals surface area contributed by atoms with Gasteiger partial charge in [-0.3, -0.25) is 4.79 Å². The number of fused-ring (bicyclic) bond motifs is 1. The van der Waals surface area contributed by atoms with Gasteiger partial charge in [-0.15, -0.1) is 0 Å². The Hall–Kier alpha value is -3.15. The maximum atomic E-state index is 12.6. The lowest BCUT2D eigenvalue weighted by atomic mass is 9.97. The zero-order chi connectivity index (χ0) is 18.4. The van der Waals surface area contributed by atoms with Gasteiger partial charge in [0.05, 0.1) is 12.6 Å². The third-order valence-electron chi connectivity index (χ3n) is 4.87. The number of pyridine rings is 2. The molecule has 0 atom stereocenters. The number of ether oxygens (including phenoxy) is 1. The topological polar surface area (TPSA) is 81.4 Å². The van der Waals surface area contributed by atoms with E-state index in [-0.39, 0.29) is 11.6 Å². The number of aromatic nitrogens is 2. The summed E-state index contributed by atoms with van der Waals surface area (Å²) in [5, 5.41) is 9.81. The molecule has 0 radical (unpaired) electrons. The van der Waals surface area contributed by atoms with E-state index in [1.54, 1.807) is 25.4 Å². The Morgan fingerprint density at radius 1 is 1.27 bits per heavy atom. The predicted molar refractivity (Wildman–Crippen MR) is 98.0 cm³/mol. The second-order valence-corrected chi connectivity index (χ2v) is 6.54. The molecule has 1 saturated carbocycles. The lowest BCUT2D eigenvalue weighted by Gasteiger charge is -2.16. The van der Waals surface area contributed by atoms with E-state index < -0.39 is 11.4 Å². The molecule has 0 unspecified atom stereocenters. The van der Waals surface area contributed by atoms with Crippen LogP contribution in [0.25, 0.3) is 22.0 Å². The van der Waals surface area contributed by atoms with E-state index in [1.807, 2.05) is 23.6 Å². The van der Waals surface area contributed by atoms with Crippen molar-refractivity contribution in [2.75, 3.05) is 7.11 Å². The standard InChI is InChI=1S/C20H18N2O4/c1-11-14(12-3-8-17(26-2)21-9-12)6-7-15-18(11)22(13-4-5-13)10-16(19(15)23)20(24)25/h3,6-10,13H,4-5H2,1-2H3,(H,24,25). The first-order valence-electron chi connectivity index (χ1n) is 8.43. The fourth-order valence-corrected chi connectivity index (χ4v) is 3.39. The zero-order valence-electron chi connectivity index (χ0n) is 14.5. The Morgan fingerprint density at radius 3 is 2.62 bits per heavy atom. The number of aromatic carboxylic acids is 1. The third-order valence-corrected chi connectivity index (χ3v) is 4.87. The highest BCUT2D eigenvalue weighted by atomic mass is 16.5. The lowest BCUT2D eigenvalue weighted by molar-refractivity contribution is 0.0695. The van der Waals surface area contributed by atoms with Crippen LogP contribution in [-0.2, 0) is 0 Å². The Bertz CT molecular complexity index is 1080. The van der Waals surface area contributed by atoms with Crippen LogP contribution in [0.1, 0.15) is 34.8 Å². The molecule has 1 aromatic carbocycles. The molecule has 0 saturated heterocycles. The van der Waals surface area contributed by atoms with Crippen molar-refractivity contribution in [2.45, 2.75) is 25.8 Å². The summed E-state index contributed by atoms with van der Waals surface area (Å²) in [5.41, 5.74) is 3.01. The first kappa shape index (κ1) is 16.3. The number of hydrogen-bond acceptors (Lipinski definition) is 4. The van der Waals surface area contributed by atoms with Crippen molar-refractivity contribution in [3.05, 3.63) is 58.0 Å². The highest BCUT2D eigenvalue weighted by Gasteiger charge is 2.27. The van der Waals surface area contributed by atoms with Gasteiger partial charge in [0.25, 0.3) is 0 Å². The minimum absolute atomic E-state index is 0.178. The van der Waals surface area contributed by atoms with Gasteiger partial charge < -0.3 is 14.4 Å². The molecule has 1 N–H and O–H groups in total. The van der Waals surface area contributed by atoms with Gasteiger partial charge in [0.1, 0.15) is 5.56 Å². The fraction of sp³-hybridized carbons (Fsp3) is 0.250. The summed E-state index contributed by atoms with van der Waals surface area (Å²) >= 11 is 0. The van der Waals surface area contributed by atoms with Crippen LogP contribution in [0, 0.1) is 6.92 Å². The molecule has 0 bridgehead atoms. The van der Waals surface area contributed by atoms with E-state index in [0.717, 1.165) is 35.0 Å². The number of benzene rings is 1. The van der Waals surface area contributed by atoms with Gasteiger partial charge in [-0.1, -0.05) is 6.07 Å². The molecule has 2 heterocycles. The van der Waals surface area contributed by atoms with Crippen molar-refractivity contribution in [1.29, 1.82) is 0 Å². The molecule has 6 nitrogen and oxygen atoms in total. The highest BCUT2D eigenvalue weighted by Crippen LogP contribution is 2.39. The molecule has 3 aromatic rings. The van der Waals surface area contributed by atoms with E-state index in [0.29, 0.717) is 11.3 Å². The number of aryl methyl sites for hydroxylation is 1. The zero-order valence-corrected chi connectivity index (χ0v) is 14.5. The fourth-order valence-electron chi connectivity index (χ4n) is 3.39. The van der Waals surface area contributed by atoms with Crippen molar-refractivity contribution in [2.24, 2.45) is 0 Å². The maximum absolute atomic E-state index is 12.6. The highest BCUT2D eigenvalue weighted by molar-refractivity contribution is 5.95. The van der Waals surface area contributed by atoms with Crippen LogP contribution in [-0.4, -0.2) is 27.7 Å². The van der Waals surface area contributed by atoms with Crippen LogP contribution >= 0.6 is 0 Å².